The van der Waals surface area contributed by atoms with Crippen molar-refractivity contribution in [2.24, 2.45) is 11.8 Å². The molecule has 0 aromatic heterocycles. The number of ether oxygens (including phenoxy) is 1. The Hall–Kier alpha value is -0.790. The highest BCUT2D eigenvalue weighted by Gasteiger charge is 2.34. The molecule has 0 radical (unpaired) electrons. The van der Waals surface area contributed by atoms with E-state index in [9.17, 15) is 4.79 Å². The average Bonchev–Trinajstić information content (AvgIpc) is 2.18. The van der Waals surface area contributed by atoms with Gasteiger partial charge < -0.3 is 4.74 Å². The second-order valence-corrected chi connectivity index (χ2v) is 4.30. The molecule has 2 heteroatoms. The number of hydrogen-bond donors (Lipinski definition) is 0. The van der Waals surface area contributed by atoms with E-state index < -0.39 is 0 Å². The Balaban J connectivity index is 2.09. The quantitative estimate of drug-likeness (QED) is 0.675. The van der Waals surface area contributed by atoms with Crippen LogP contribution in [-0.2, 0) is 9.53 Å². The van der Waals surface area contributed by atoms with Crippen LogP contribution in [0.4, 0.5) is 0 Å². The Labute approximate surface area is 85.3 Å². The number of carbonyl (C=O) groups excluding carboxylic acids is 1. The minimum absolute atomic E-state index is 0.310. The van der Waals surface area contributed by atoms with Gasteiger partial charge in [-0.3, -0.25) is 4.79 Å². The lowest BCUT2D eigenvalue weighted by atomic mass is 9.72. The summed E-state index contributed by atoms with van der Waals surface area (Å²) in [5.41, 5.74) is 0. The molecule has 1 fully saturated rings. The SMILES string of the molecule is CCOC1=CC(=O)C2CCCCC2C1. The smallest absolute Gasteiger partial charge is 0.162 e. The zero-order valence-corrected chi connectivity index (χ0v) is 8.79. The molecule has 0 saturated heterocycles. The summed E-state index contributed by atoms with van der Waals surface area (Å²) in [5.74, 6) is 2.11. The van der Waals surface area contributed by atoms with Crippen LogP contribution in [0.2, 0.25) is 0 Å². The molecule has 0 aliphatic heterocycles. The molecule has 1 saturated carbocycles. The van der Waals surface area contributed by atoms with E-state index in [-0.39, 0.29) is 0 Å². The van der Waals surface area contributed by atoms with Crippen LogP contribution in [-0.4, -0.2) is 12.4 Å². The zero-order chi connectivity index (χ0) is 9.97. The fourth-order valence-corrected chi connectivity index (χ4v) is 2.70. The minimum Gasteiger partial charge on any atom is -0.498 e. The first-order chi connectivity index (χ1) is 6.81. The molecule has 2 unspecified atom stereocenters. The Morgan fingerprint density at radius 1 is 1.43 bits per heavy atom. The molecular formula is C12H18O2. The van der Waals surface area contributed by atoms with Crippen molar-refractivity contribution in [3.8, 4) is 0 Å². The molecular weight excluding hydrogens is 176 g/mol. The van der Waals surface area contributed by atoms with Gasteiger partial charge in [0.1, 0.15) is 0 Å². The largest absolute Gasteiger partial charge is 0.498 e. The summed E-state index contributed by atoms with van der Waals surface area (Å²) in [6.07, 6.45) is 7.54. The zero-order valence-electron chi connectivity index (χ0n) is 8.79. The molecule has 0 aromatic rings. The van der Waals surface area contributed by atoms with Crippen LogP contribution in [0, 0.1) is 11.8 Å². The van der Waals surface area contributed by atoms with Gasteiger partial charge in [-0.1, -0.05) is 12.8 Å². The maximum atomic E-state index is 11.8. The van der Waals surface area contributed by atoms with E-state index >= 15 is 0 Å². The Kier molecular flexibility index (Phi) is 2.90. The van der Waals surface area contributed by atoms with Gasteiger partial charge in [0, 0.05) is 18.4 Å². The van der Waals surface area contributed by atoms with E-state index in [4.69, 9.17) is 4.74 Å². The van der Waals surface area contributed by atoms with Gasteiger partial charge in [0.15, 0.2) is 5.78 Å². The number of ketones is 1. The van der Waals surface area contributed by atoms with Crippen LogP contribution in [0.1, 0.15) is 39.0 Å². The maximum Gasteiger partial charge on any atom is 0.162 e. The standard InChI is InChI=1S/C12H18O2/c1-2-14-10-7-9-5-3-4-6-11(9)12(13)8-10/h8-9,11H,2-7H2,1H3. The molecule has 0 heterocycles. The van der Waals surface area contributed by atoms with E-state index in [0.29, 0.717) is 24.2 Å². The highest BCUT2D eigenvalue weighted by atomic mass is 16.5. The number of fused-ring (bicyclic) bond motifs is 1. The Bertz CT molecular complexity index is 255. The number of hydrogen-bond acceptors (Lipinski definition) is 2. The van der Waals surface area contributed by atoms with Crippen molar-refractivity contribution in [3.63, 3.8) is 0 Å². The molecule has 0 bridgehead atoms. The molecule has 2 nitrogen and oxygen atoms in total. The molecule has 14 heavy (non-hydrogen) atoms. The summed E-state index contributed by atoms with van der Waals surface area (Å²) in [6, 6.07) is 0. The van der Waals surface area contributed by atoms with Crippen molar-refractivity contribution in [2.45, 2.75) is 39.0 Å². The molecule has 2 atom stereocenters. The fourth-order valence-electron chi connectivity index (χ4n) is 2.70. The van der Waals surface area contributed by atoms with Crippen molar-refractivity contribution < 1.29 is 9.53 Å². The lowest BCUT2D eigenvalue weighted by Gasteiger charge is -2.33. The first-order valence-corrected chi connectivity index (χ1v) is 5.68. The molecule has 2 aliphatic rings. The summed E-state index contributed by atoms with van der Waals surface area (Å²) in [5, 5.41) is 0. The van der Waals surface area contributed by atoms with Crippen molar-refractivity contribution in [3.05, 3.63) is 11.8 Å². The van der Waals surface area contributed by atoms with Crippen molar-refractivity contribution in [1.29, 1.82) is 0 Å². The summed E-state index contributed by atoms with van der Waals surface area (Å²) in [6.45, 7) is 2.65. The molecule has 0 aromatic carbocycles. The van der Waals surface area contributed by atoms with Gasteiger partial charge in [0.05, 0.1) is 12.4 Å². The first-order valence-electron chi connectivity index (χ1n) is 5.68. The Morgan fingerprint density at radius 3 is 3.00 bits per heavy atom. The topological polar surface area (TPSA) is 26.3 Å². The van der Waals surface area contributed by atoms with E-state index in [0.717, 1.165) is 18.6 Å². The molecule has 0 spiro atoms. The van der Waals surface area contributed by atoms with E-state index in [1.807, 2.05) is 6.92 Å². The number of carbonyl (C=O) groups is 1. The third kappa shape index (κ3) is 1.84. The summed E-state index contributed by atoms with van der Waals surface area (Å²) >= 11 is 0. The predicted molar refractivity (Wildman–Crippen MR) is 54.8 cm³/mol. The van der Waals surface area contributed by atoms with E-state index in [1.54, 1.807) is 6.08 Å². The summed E-state index contributed by atoms with van der Waals surface area (Å²) in [7, 11) is 0. The molecule has 2 aliphatic carbocycles. The van der Waals surface area contributed by atoms with Crippen LogP contribution < -0.4 is 0 Å². The van der Waals surface area contributed by atoms with Crippen LogP contribution in [0.25, 0.3) is 0 Å². The van der Waals surface area contributed by atoms with Gasteiger partial charge >= 0.3 is 0 Å². The normalized spacial score (nSPS) is 32.1. The lowest BCUT2D eigenvalue weighted by Crippen LogP contribution is -2.30. The lowest BCUT2D eigenvalue weighted by molar-refractivity contribution is -0.122. The molecule has 78 valence electrons. The van der Waals surface area contributed by atoms with Gasteiger partial charge in [-0.05, 0) is 25.7 Å². The van der Waals surface area contributed by atoms with Gasteiger partial charge in [-0.2, -0.15) is 0 Å². The monoisotopic (exact) mass is 194 g/mol. The van der Waals surface area contributed by atoms with E-state index in [2.05, 4.69) is 0 Å². The second-order valence-electron chi connectivity index (χ2n) is 4.30. The highest BCUT2D eigenvalue weighted by Crippen LogP contribution is 2.38. The first kappa shape index (κ1) is 9.75. The Morgan fingerprint density at radius 2 is 2.21 bits per heavy atom. The van der Waals surface area contributed by atoms with Crippen LogP contribution in [0.15, 0.2) is 11.8 Å². The molecule has 0 amide bonds. The maximum absolute atomic E-state index is 11.8. The van der Waals surface area contributed by atoms with Gasteiger partial charge in [-0.25, -0.2) is 0 Å². The predicted octanol–water partition coefficient (Wildman–Crippen LogP) is 2.69. The van der Waals surface area contributed by atoms with Crippen molar-refractivity contribution in [2.75, 3.05) is 6.61 Å². The van der Waals surface area contributed by atoms with Gasteiger partial charge in [0.2, 0.25) is 0 Å². The molecule has 2 rings (SSSR count). The van der Waals surface area contributed by atoms with Gasteiger partial charge in [-0.15, -0.1) is 0 Å². The summed E-state index contributed by atoms with van der Waals surface area (Å²) in [4.78, 5) is 11.8. The van der Waals surface area contributed by atoms with Crippen molar-refractivity contribution in [1.82, 2.24) is 0 Å². The van der Waals surface area contributed by atoms with E-state index in [1.165, 1.54) is 19.3 Å². The van der Waals surface area contributed by atoms with Gasteiger partial charge in [0.25, 0.3) is 0 Å². The third-order valence-electron chi connectivity index (χ3n) is 3.37. The second kappa shape index (κ2) is 4.16. The fraction of sp³-hybridized carbons (Fsp3) is 0.750. The molecule has 0 N–H and O–H groups in total. The third-order valence-corrected chi connectivity index (χ3v) is 3.37. The number of rotatable bonds is 2. The van der Waals surface area contributed by atoms with Crippen LogP contribution >= 0.6 is 0 Å². The summed E-state index contributed by atoms with van der Waals surface area (Å²) < 4.78 is 5.44. The number of allylic oxidation sites excluding steroid dienone is 2. The van der Waals surface area contributed by atoms with Crippen molar-refractivity contribution >= 4 is 5.78 Å². The minimum atomic E-state index is 0.310. The average molecular weight is 194 g/mol. The highest BCUT2D eigenvalue weighted by molar-refractivity contribution is 5.93. The van der Waals surface area contributed by atoms with Crippen LogP contribution in [0.5, 0.6) is 0 Å². The van der Waals surface area contributed by atoms with Crippen LogP contribution in [0.3, 0.4) is 0 Å².